The van der Waals surface area contributed by atoms with Crippen molar-refractivity contribution in [2.24, 2.45) is 0 Å². The number of hydrogen-bond donors (Lipinski definition) is 4. The zero-order valence-corrected chi connectivity index (χ0v) is 22.1. The van der Waals surface area contributed by atoms with Gasteiger partial charge in [0.25, 0.3) is 0 Å². The van der Waals surface area contributed by atoms with Gasteiger partial charge in [-0.25, -0.2) is 4.57 Å². The molecule has 0 aromatic heterocycles. The summed E-state index contributed by atoms with van der Waals surface area (Å²) >= 11 is -10.3. The molecule has 0 saturated carbocycles. The van der Waals surface area contributed by atoms with Crippen LogP contribution in [0.5, 0.6) is 0 Å². The molecule has 0 aliphatic heterocycles. The van der Waals surface area contributed by atoms with Crippen LogP contribution in [-0.4, -0.2) is 18.4 Å². The molecule has 0 aliphatic rings. The molecule has 10 nitrogen and oxygen atoms in total. The number of benzene rings is 3. The van der Waals surface area contributed by atoms with Crippen LogP contribution < -0.4 is 0 Å². The molecule has 3 rings (SSSR count). The average molecular weight is 719 g/mol. The fourth-order valence-electron chi connectivity index (χ4n) is 2.58. The second-order valence-corrected chi connectivity index (χ2v) is 13.7. The van der Waals surface area contributed by atoms with E-state index in [0.717, 1.165) is 0 Å². The van der Waals surface area contributed by atoms with E-state index in [0.29, 0.717) is 5.92 Å². The van der Waals surface area contributed by atoms with Crippen LogP contribution in [0.15, 0.2) is 91.0 Å². The Bertz CT molecular complexity index is 1050. The van der Waals surface area contributed by atoms with Gasteiger partial charge in [-0.1, -0.05) is 91.0 Å². The molecule has 0 aliphatic carbocycles. The maximum Gasteiger partial charge on any atom is 0.0339 e. The minimum absolute atomic E-state index is 0.309. The van der Waals surface area contributed by atoms with E-state index < -0.39 is 42.2 Å². The van der Waals surface area contributed by atoms with Crippen molar-refractivity contribution < 1.29 is 73.0 Å². The Morgan fingerprint density at radius 2 is 0.938 bits per heavy atom. The third kappa shape index (κ3) is 13.6. The Morgan fingerprint density at radius 3 is 1.09 bits per heavy atom. The molecule has 0 spiro atoms. The van der Waals surface area contributed by atoms with Gasteiger partial charge >= 0.3 is 61.6 Å². The summed E-state index contributed by atoms with van der Waals surface area (Å²) in [6, 6.07) is 32.0. The summed E-state index contributed by atoms with van der Waals surface area (Å²) in [6.07, 6.45) is 0. The zero-order valence-electron chi connectivity index (χ0n) is 16.2. The van der Waals surface area contributed by atoms with Crippen LogP contribution in [0.2, 0.25) is 0 Å². The van der Waals surface area contributed by atoms with Crippen molar-refractivity contribution in [1.82, 2.24) is 0 Å². The first-order chi connectivity index (χ1) is 14.9. The standard InChI is InChI=1S/C19H16.Mo.H3O4P.H2O.5O.W/c1-4-10-16(11-5-1)19(17-12-6-2-7-13-17)18-14-8-3-9-15-18;;1-5(2,3)4;;;;;;;/h1-15,19H;;(H3,1,2,3,4);1H2;;;;;;/q;+1;;;;;;;;/p-1. The van der Waals surface area contributed by atoms with Crippen molar-refractivity contribution in [2.75, 3.05) is 0 Å². The molecular weight excluding hydrogens is 699 g/mol. The molecule has 0 saturated heterocycles. The first-order valence-electron chi connectivity index (χ1n) is 8.56. The molecule has 0 atom stereocenters. The summed E-state index contributed by atoms with van der Waals surface area (Å²) in [6.45, 7) is 0. The van der Waals surface area contributed by atoms with E-state index in [4.69, 9.17) is 23.0 Å². The van der Waals surface area contributed by atoms with E-state index in [1.54, 1.807) is 0 Å². The Labute approximate surface area is 193 Å². The van der Waals surface area contributed by atoms with Gasteiger partial charge in [-0.3, -0.25) is 0 Å². The van der Waals surface area contributed by atoms with Gasteiger partial charge in [0, 0.05) is 5.92 Å². The van der Waals surface area contributed by atoms with Gasteiger partial charge in [0.15, 0.2) is 0 Å². The average Bonchev–Trinajstić information content (AvgIpc) is 2.68. The van der Waals surface area contributed by atoms with E-state index in [2.05, 4.69) is 93.0 Å². The monoisotopic (exact) mass is 721 g/mol. The minimum Gasteiger partial charge on any atom is -0.0622 e. The third-order valence-electron chi connectivity index (χ3n) is 3.54. The second kappa shape index (κ2) is 13.7. The Hall–Kier alpha value is -1.73. The Morgan fingerprint density at radius 1 is 0.688 bits per heavy atom. The van der Waals surface area contributed by atoms with Crippen molar-refractivity contribution in [2.45, 2.75) is 5.92 Å². The van der Waals surface area contributed by atoms with Gasteiger partial charge in [0.05, 0.1) is 0 Å². The smallest absolute Gasteiger partial charge is 0.0339 e. The van der Waals surface area contributed by atoms with Crippen LogP contribution in [0.1, 0.15) is 22.6 Å². The second-order valence-electron chi connectivity index (χ2n) is 5.88. The van der Waals surface area contributed by atoms with Crippen molar-refractivity contribution in [3.8, 4) is 0 Å². The fourth-order valence-corrected chi connectivity index (χ4v) is 5.91. The molecule has 3 aromatic carbocycles. The predicted molar refractivity (Wildman–Crippen MR) is 101 cm³/mol. The van der Waals surface area contributed by atoms with Crippen molar-refractivity contribution in [3.05, 3.63) is 108 Å². The summed E-state index contributed by atoms with van der Waals surface area (Å²) in [5, 5.41) is 0. The molecule has 13 heteroatoms. The summed E-state index contributed by atoms with van der Waals surface area (Å²) in [4.78, 5) is 21.6. The molecule has 0 radical (unpaired) electrons. The summed E-state index contributed by atoms with van der Waals surface area (Å²) in [5.74, 6) is 0.309. The molecular formula is C19H20MoO10PW. The molecule has 0 amide bonds. The topological polar surface area (TPSA) is 176 Å². The third-order valence-corrected chi connectivity index (χ3v) is 10.3. The largest absolute Gasteiger partial charge is 0.0622 e. The van der Waals surface area contributed by atoms with E-state index >= 15 is 0 Å². The van der Waals surface area contributed by atoms with Gasteiger partial charge in [-0.15, -0.1) is 0 Å². The van der Waals surface area contributed by atoms with Crippen LogP contribution in [-0.2, 0) is 54.6 Å². The number of phosphoric acid groups is 1. The summed E-state index contributed by atoms with van der Waals surface area (Å²) in [7, 11) is -4.64. The first kappa shape index (κ1) is 28.3. The molecule has 0 heterocycles. The zero-order chi connectivity index (χ0) is 24.2. The van der Waals surface area contributed by atoms with Gasteiger partial charge in [-0.05, 0) is 16.7 Å². The minimum atomic E-state index is -5.72. The van der Waals surface area contributed by atoms with Gasteiger partial charge < -0.3 is 14.7 Å². The van der Waals surface area contributed by atoms with Crippen LogP contribution in [0, 0.1) is 0 Å². The molecule has 32 heavy (non-hydrogen) atoms. The van der Waals surface area contributed by atoms with Crippen LogP contribution in [0.25, 0.3) is 0 Å². The van der Waals surface area contributed by atoms with E-state index in [1.165, 1.54) is 16.7 Å². The maximum absolute atomic E-state index is 9.53. The first-order valence-corrected chi connectivity index (χ1v) is 17.1. The fraction of sp³-hybridized carbons (Fsp3) is 0.0526. The molecule has 3 aromatic rings. The molecule has 0 fully saturated rings. The Balaban J connectivity index is 0.000000329. The van der Waals surface area contributed by atoms with Gasteiger partial charge in [0.1, 0.15) is 0 Å². The van der Waals surface area contributed by atoms with Crippen LogP contribution in [0.4, 0.5) is 0 Å². The molecule has 0 bridgehead atoms. The number of rotatable bonds is 5. The Kier molecular flexibility index (Phi) is 12.1. The van der Waals surface area contributed by atoms with Gasteiger partial charge in [-0.2, -0.15) is 0 Å². The normalized spacial score (nSPS) is 10.9. The van der Waals surface area contributed by atoms with Crippen molar-refractivity contribution in [3.63, 3.8) is 0 Å². The van der Waals surface area contributed by atoms with E-state index in [-0.39, 0.29) is 0 Å². The van der Waals surface area contributed by atoms with E-state index in [9.17, 15) is 13.6 Å². The van der Waals surface area contributed by atoms with Gasteiger partial charge in [0.2, 0.25) is 0 Å². The summed E-state index contributed by atoms with van der Waals surface area (Å²) < 4.78 is 57.7. The molecule has 173 valence electrons. The van der Waals surface area contributed by atoms with Crippen molar-refractivity contribution in [1.29, 1.82) is 0 Å². The molecule has 4 N–H and O–H groups in total. The number of hydrogen-bond acceptors (Lipinski definition) is 6. The van der Waals surface area contributed by atoms with Crippen molar-refractivity contribution >= 4 is 7.82 Å². The SMILES string of the molecule is O=P(O)(O)O.[O]=[W](=[O])[O][Mo](=[O])(=[O])[OH].c1ccc(C(c2ccccc2)c2ccccc2)cc1. The molecule has 0 unspecified atom stereocenters. The summed E-state index contributed by atoms with van der Waals surface area (Å²) in [5.41, 5.74) is 4.00. The maximum atomic E-state index is 9.53. The quantitative estimate of drug-likeness (QED) is 0.174. The van der Waals surface area contributed by atoms with Crippen LogP contribution in [0.3, 0.4) is 0 Å². The predicted octanol–water partition coefficient (Wildman–Crippen LogP) is 2.83. The van der Waals surface area contributed by atoms with E-state index in [1.807, 2.05) is 0 Å². The van der Waals surface area contributed by atoms with Crippen LogP contribution >= 0.6 is 7.82 Å².